The number of hydrogen-bond donors (Lipinski definition) is 1. The van der Waals surface area contributed by atoms with Gasteiger partial charge in [0.25, 0.3) is 11.8 Å². The van der Waals surface area contributed by atoms with Crippen LogP contribution in [-0.2, 0) is 9.59 Å². The van der Waals surface area contributed by atoms with Crippen molar-refractivity contribution in [2.24, 2.45) is 4.99 Å². The van der Waals surface area contributed by atoms with Crippen LogP contribution in [0.5, 0.6) is 0 Å². The molecule has 2 aromatic rings. The van der Waals surface area contributed by atoms with E-state index in [-0.39, 0.29) is 18.2 Å². The number of amidine groups is 1. The number of aliphatic imine (C=N–C) groups is 1. The molecule has 0 saturated carbocycles. The van der Waals surface area contributed by atoms with Gasteiger partial charge in [0.15, 0.2) is 0 Å². The van der Waals surface area contributed by atoms with E-state index in [4.69, 9.17) is 0 Å². The number of nitrogens with one attached hydrogen (secondary N) is 1. The van der Waals surface area contributed by atoms with Gasteiger partial charge >= 0.3 is 0 Å². The molecular formula is C20H18N4O2S. The number of carbonyl (C=O) groups is 2. The predicted molar refractivity (Wildman–Crippen MR) is 106 cm³/mol. The summed E-state index contributed by atoms with van der Waals surface area (Å²) < 4.78 is 0. The van der Waals surface area contributed by atoms with Crippen molar-refractivity contribution in [2.75, 3.05) is 5.32 Å². The molecule has 0 saturated heterocycles. The molecule has 27 heavy (non-hydrogen) atoms. The number of aryl methyl sites for hydroxylation is 1. The molecule has 2 amide bonds. The van der Waals surface area contributed by atoms with Gasteiger partial charge in [0.05, 0.1) is 17.1 Å². The molecule has 1 atom stereocenters. The Morgan fingerprint density at radius 3 is 2.74 bits per heavy atom. The second kappa shape index (κ2) is 6.59. The lowest BCUT2D eigenvalue weighted by Crippen LogP contribution is -2.58. The maximum atomic E-state index is 13.0. The van der Waals surface area contributed by atoms with Crippen molar-refractivity contribution in [1.29, 1.82) is 0 Å². The van der Waals surface area contributed by atoms with Crippen molar-refractivity contribution >= 4 is 34.7 Å². The molecule has 136 valence electrons. The number of aromatic nitrogens is 1. The molecule has 2 aliphatic rings. The number of thiazole rings is 1. The van der Waals surface area contributed by atoms with E-state index in [2.05, 4.69) is 15.3 Å². The van der Waals surface area contributed by atoms with Crippen molar-refractivity contribution in [3.05, 3.63) is 59.1 Å². The molecular weight excluding hydrogens is 360 g/mol. The number of amides is 2. The van der Waals surface area contributed by atoms with Gasteiger partial charge in [-0.05, 0) is 38.1 Å². The largest absolute Gasteiger partial charge is 0.324 e. The molecule has 1 aromatic heterocycles. The van der Waals surface area contributed by atoms with Crippen LogP contribution in [0.3, 0.4) is 0 Å². The Morgan fingerprint density at radius 2 is 2.04 bits per heavy atom. The van der Waals surface area contributed by atoms with E-state index in [0.29, 0.717) is 11.5 Å². The summed E-state index contributed by atoms with van der Waals surface area (Å²) in [5.41, 5.74) is 1.56. The van der Waals surface area contributed by atoms with Crippen LogP contribution in [0.25, 0.3) is 11.3 Å². The van der Waals surface area contributed by atoms with Crippen LogP contribution >= 0.6 is 11.3 Å². The third-order valence-corrected chi connectivity index (χ3v) is 5.42. The van der Waals surface area contributed by atoms with Gasteiger partial charge in [0.1, 0.15) is 11.4 Å². The van der Waals surface area contributed by atoms with Crippen LogP contribution in [0.4, 0.5) is 5.69 Å². The Morgan fingerprint density at radius 1 is 1.26 bits per heavy atom. The Balaban J connectivity index is 1.55. The molecule has 1 aromatic carbocycles. The van der Waals surface area contributed by atoms with Gasteiger partial charge in [-0.1, -0.05) is 18.2 Å². The number of benzene rings is 1. The fraction of sp³-hybridized carbons (Fsp3) is 0.200. The Kier molecular flexibility index (Phi) is 4.24. The smallest absolute Gasteiger partial charge is 0.250 e. The van der Waals surface area contributed by atoms with Crippen molar-refractivity contribution in [2.45, 2.75) is 25.8 Å². The average molecular weight is 378 g/mol. The van der Waals surface area contributed by atoms with Crippen molar-refractivity contribution < 1.29 is 9.59 Å². The highest BCUT2D eigenvalue weighted by Gasteiger charge is 2.45. The van der Waals surface area contributed by atoms with Crippen molar-refractivity contribution in [1.82, 2.24) is 9.88 Å². The highest BCUT2D eigenvalue weighted by atomic mass is 32.1. The highest BCUT2D eigenvalue weighted by molar-refractivity contribution is 7.09. The van der Waals surface area contributed by atoms with E-state index in [1.165, 1.54) is 0 Å². The third kappa shape index (κ3) is 3.21. The van der Waals surface area contributed by atoms with Crippen LogP contribution in [0, 0.1) is 6.92 Å². The van der Waals surface area contributed by atoms with E-state index in [1.54, 1.807) is 41.5 Å². The zero-order valence-electron chi connectivity index (χ0n) is 15.0. The second-order valence-electron chi connectivity index (χ2n) is 6.67. The summed E-state index contributed by atoms with van der Waals surface area (Å²) >= 11 is 1.60. The fourth-order valence-electron chi connectivity index (χ4n) is 3.17. The molecule has 0 fully saturated rings. The lowest BCUT2D eigenvalue weighted by Gasteiger charge is -2.41. The molecule has 2 aliphatic heterocycles. The summed E-state index contributed by atoms with van der Waals surface area (Å²) in [7, 11) is 0. The second-order valence-corrected chi connectivity index (χ2v) is 7.73. The van der Waals surface area contributed by atoms with Gasteiger partial charge in [0.2, 0.25) is 0 Å². The molecule has 3 heterocycles. The number of fused-ring (bicyclic) bond motifs is 1. The number of carbonyl (C=O) groups excluding carboxylic acids is 2. The summed E-state index contributed by atoms with van der Waals surface area (Å²) in [5.74, 6) is -0.0609. The van der Waals surface area contributed by atoms with Gasteiger partial charge < -0.3 is 10.2 Å². The number of allylic oxidation sites excluding steroid dienone is 2. The Hall–Kier alpha value is -3.06. The minimum absolute atomic E-state index is 0.0245. The quantitative estimate of drug-likeness (QED) is 0.887. The first kappa shape index (κ1) is 17.4. The molecule has 0 aliphatic carbocycles. The number of hydrogen-bond acceptors (Lipinski definition) is 5. The standard InChI is InChI=1S/C20H18N4O2S/c1-13-21-16(12-27-13)14-6-8-15(9-7-14)22-19(26)20(2)11-18(25)23-17-5-3-4-10-24(17)20/h3-10,12H,11H2,1-2H3,(H,22,26). The predicted octanol–water partition coefficient (Wildman–Crippen LogP) is 3.53. The molecule has 4 rings (SSSR count). The maximum absolute atomic E-state index is 13.0. The summed E-state index contributed by atoms with van der Waals surface area (Å²) in [4.78, 5) is 35.3. The molecule has 0 bridgehead atoms. The molecule has 7 heteroatoms. The van der Waals surface area contributed by atoms with Gasteiger partial charge in [-0.3, -0.25) is 9.59 Å². The molecule has 6 nitrogen and oxygen atoms in total. The first-order valence-electron chi connectivity index (χ1n) is 8.55. The molecule has 0 spiro atoms. The topological polar surface area (TPSA) is 74.7 Å². The average Bonchev–Trinajstić information content (AvgIpc) is 3.08. The summed E-state index contributed by atoms with van der Waals surface area (Å²) in [6.07, 6.45) is 7.15. The van der Waals surface area contributed by atoms with Crippen LogP contribution in [0.2, 0.25) is 0 Å². The van der Waals surface area contributed by atoms with E-state index >= 15 is 0 Å². The molecule has 0 radical (unpaired) electrons. The normalized spacial score (nSPS) is 21.0. The van der Waals surface area contributed by atoms with Crippen LogP contribution < -0.4 is 5.32 Å². The van der Waals surface area contributed by atoms with Crippen LogP contribution in [0.1, 0.15) is 18.4 Å². The zero-order chi connectivity index (χ0) is 19.0. The van der Waals surface area contributed by atoms with Crippen LogP contribution in [-0.4, -0.2) is 33.1 Å². The fourth-order valence-corrected chi connectivity index (χ4v) is 3.79. The first-order valence-corrected chi connectivity index (χ1v) is 9.43. The first-order chi connectivity index (χ1) is 13.0. The minimum atomic E-state index is -1.03. The number of nitrogens with zero attached hydrogens (tertiary/aromatic N) is 3. The monoisotopic (exact) mass is 378 g/mol. The van der Waals surface area contributed by atoms with Crippen LogP contribution in [0.15, 0.2) is 59.1 Å². The lowest BCUT2D eigenvalue weighted by molar-refractivity contribution is -0.130. The lowest BCUT2D eigenvalue weighted by atomic mass is 9.91. The SMILES string of the molecule is Cc1nc(-c2ccc(NC(=O)C3(C)CC(=O)N=C4C=CC=CN43)cc2)cs1. The number of rotatable bonds is 3. The van der Waals surface area contributed by atoms with E-state index < -0.39 is 5.54 Å². The highest BCUT2D eigenvalue weighted by Crippen LogP contribution is 2.30. The maximum Gasteiger partial charge on any atom is 0.250 e. The van der Waals surface area contributed by atoms with Gasteiger partial charge in [-0.15, -0.1) is 11.3 Å². The summed E-state index contributed by atoms with van der Waals surface area (Å²) in [5, 5.41) is 5.95. The minimum Gasteiger partial charge on any atom is -0.324 e. The zero-order valence-corrected chi connectivity index (χ0v) is 15.8. The van der Waals surface area contributed by atoms with E-state index in [1.807, 2.05) is 42.6 Å². The Labute approximate surface area is 161 Å². The third-order valence-electron chi connectivity index (χ3n) is 4.65. The van der Waals surface area contributed by atoms with Crippen molar-refractivity contribution in [3.63, 3.8) is 0 Å². The summed E-state index contributed by atoms with van der Waals surface area (Å²) in [6.45, 7) is 3.72. The van der Waals surface area contributed by atoms with Crippen molar-refractivity contribution in [3.8, 4) is 11.3 Å². The van der Waals surface area contributed by atoms with E-state index in [0.717, 1.165) is 16.3 Å². The van der Waals surface area contributed by atoms with Gasteiger partial charge in [-0.2, -0.15) is 4.99 Å². The van der Waals surface area contributed by atoms with E-state index in [9.17, 15) is 9.59 Å². The summed E-state index contributed by atoms with van der Waals surface area (Å²) in [6, 6.07) is 7.54. The van der Waals surface area contributed by atoms with Gasteiger partial charge in [-0.25, -0.2) is 4.98 Å². The van der Waals surface area contributed by atoms with Gasteiger partial charge in [0, 0.05) is 22.8 Å². The molecule has 1 N–H and O–H groups in total. The number of anilines is 1. The Bertz CT molecular complexity index is 1000. The molecule has 1 unspecified atom stereocenters.